The van der Waals surface area contributed by atoms with Crippen LogP contribution in [0.25, 0.3) is 10.9 Å². The molecular weight excluding hydrogens is 278 g/mol. The Kier molecular flexibility index (Phi) is 3.97. The Morgan fingerprint density at radius 2 is 1.90 bits per heavy atom. The molecule has 1 aromatic carbocycles. The number of methoxy groups -OCH3 is 2. The van der Waals surface area contributed by atoms with Crippen molar-refractivity contribution < 1.29 is 19.0 Å². The summed E-state index contributed by atoms with van der Waals surface area (Å²) in [4.78, 5) is 28.0. The van der Waals surface area contributed by atoms with Gasteiger partial charge in [-0.1, -0.05) is 0 Å². The standard InChI is InChI=1S/C13H15N3O5/c1-4-21-13(18)11-15-8-6-10(20-3)9(19-2)5-7(8)12(17)16(11)14/h5-6H,4,14H2,1-3H3. The van der Waals surface area contributed by atoms with Gasteiger partial charge in [0.15, 0.2) is 11.5 Å². The summed E-state index contributed by atoms with van der Waals surface area (Å²) in [7, 11) is 2.91. The van der Waals surface area contributed by atoms with E-state index in [0.717, 1.165) is 0 Å². The van der Waals surface area contributed by atoms with Gasteiger partial charge >= 0.3 is 5.97 Å². The molecule has 0 aliphatic heterocycles. The quantitative estimate of drug-likeness (QED) is 0.638. The molecule has 0 aliphatic rings. The van der Waals surface area contributed by atoms with E-state index in [0.29, 0.717) is 16.2 Å². The molecule has 112 valence electrons. The summed E-state index contributed by atoms with van der Waals surface area (Å²) in [5.74, 6) is 5.32. The number of fused-ring (bicyclic) bond motifs is 1. The van der Waals surface area contributed by atoms with E-state index >= 15 is 0 Å². The first-order chi connectivity index (χ1) is 10.0. The maximum atomic E-state index is 12.2. The van der Waals surface area contributed by atoms with E-state index in [-0.39, 0.29) is 23.3 Å². The molecule has 0 saturated heterocycles. The number of aromatic nitrogens is 2. The Bertz CT molecular complexity index is 754. The molecule has 0 aliphatic carbocycles. The van der Waals surface area contributed by atoms with E-state index in [4.69, 9.17) is 20.1 Å². The number of carbonyl (C=O) groups excluding carboxylic acids is 1. The van der Waals surface area contributed by atoms with E-state index in [1.807, 2.05) is 0 Å². The third-order valence-electron chi connectivity index (χ3n) is 2.86. The summed E-state index contributed by atoms with van der Waals surface area (Å²) in [6.07, 6.45) is 0. The average Bonchev–Trinajstić information content (AvgIpc) is 2.49. The van der Waals surface area contributed by atoms with Crippen LogP contribution >= 0.6 is 0 Å². The first kappa shape index (κ1) is 14.6. The van der Waals surface area contributed by atoms with Crippen molar-refractivity contribution in [3.05, 3.63) is 28.3 Å². The summed E-state index contributed by atoms with van der Waals surface area (Å²) in [5, 5.41) is 0.211. The van der Waals surface area contributed by atoms with Gasteiger partial charge in [0.05, 0.1) is 31.7 Å². The summed E-state index contributed by atoms with van der Waals surface area (Å²) >= 11 is 0. The zero-order chi connectivity index (χ0) is 15.6. The highest BCUT2D eigenvalue weighted by molar-refractivity contribution is 5.90. The highest BCUT2D eigenvalue weighted by Crippen LogP contribution is 2.30. The zero-order valence-corrected chi connectivity index (χ0v) is 11.9. The van der Waals surface area contributed by atoms with Gasteiger partial charge in [-0.15, -0.1) is 0 Å². The smallest absolute Gasteiger partial charge is 0.376 e. The summed E-state index contributed by atoms with van der Waals surface area (Å²) in [6, 6.07) is 2.96. The summed E-state index contributed by atoms with van der Waals surface area (Å²) in [6.45, 7) is 1.80. The molecule has 0 fully saturated rings. The molecule has 2 aromatic rings. The number of nitrogens with two attached hydrogens (primary N) is 1. The number of nitrogens with zero attached hydrogens (tertiary/aromatic N) is 2. The van der Waals surface area contributed by atoms with E-state index in [1.165, 1.54) is 26.4 Å². The molecule has 21 heavy (non-hydrogen) atoms. The second kappa shape index (κ2) is 5.70. The minimum atomic E-state index is -0.770. The van der Waals surface area contributed by atoms with Crippen molar-refractivity contribution in [3.8, 4) is 11.5 Å². The topological polar surface area (TPSA) is 106 Å². The lowest BCUT2D eigenvalue weighted by atomic mass is 10.2. The Morgan fingerprint density at radius 3 is 2.48 bits per heavy atom. The molecule has 0 atom stereocenters. The average molecular weight is 293 g/mol. The van der Waals surface area contributed by atoms with Crippen LogP contribution in [0, 0.1) is 0 Å². The molecular formula is C13H15N3O5. The van der Waals surface area contributed by atoms with Gasteiger partial charge in [-0.05, 0) is 13.0 Å². The van der Waals surface area contributed by atoms with Gasteiger partial charge in [-0.25, -0.2) is 14.5 Å². The molecule has 0 radical (unpaired) electrons. The molecule has 8 heteroatoms. The number of carbonyl (C=O) groups is 1. The van der Waals surface area contributed by atoms with E-state index in [9.17, 15) is 9.59 Å². The van der Waals surface area contributed by atoms with Gasteiger partial charge in [0, 0.05) is 6.07 Å². The van der Waals surface area contributed by atoms with Crippen molar-refractivity contribution in [2.45, 2.75) is 6.92 Å². The fourth-order valence-corrected chi connectivity index (χ4v) is 1.87. The third kappa shape index (κ3) is 2.47. The Labute approximate surface area is 120 Å². The number of ether oxygens (including phenoxy) is 3. The number of rotatable bonds is 4. The predicted octanol–water partition coefficient (Wildman–Crippen LogP) is 0.304. The van der Waals surface area contributed by atoms with Crippen molar-refractivity contribution in [1.82, 2.24) is 9.66 Å². The molecule has 1 heterocycles. The van der Waals surface area contributed by atoms with Gasteiger partial charge < -0.3 is 20.1 Å². The molecule has 0 saturated carbocycles. The second-order valence-electron chi connectivity index (χ2n) is 4.06. The first-order valence-electron chi connectivity index (χ1n) is 6.14. The van der Waals surface area contributed by atoms with Crippen LogP contribution in [0.4, 0.5) is 0 Å². The highest BCUT2D eigenvalue weighted by atomic mass is 16.5. The van der Waals surface area contributed by atoms with Crippen LogP contribution in [0.3, 0.4) is 0 Å². The van der Waals surface area contributed by atoms with Gasteiger partial charge in [-0.3, -0.25) is 4.79 Å². The number of nitrogen functional groups attached to an aromatic ring is 1. The molecule has 0 amide bonds. The Hall–Kier alpha value is -2.77. The van der Waals surface area contributed by atoms with Crippen LogP contribution in [-0.4, -0.2) is 36.5 Å². The van der Waals surface area contributed by atoms with Crippen molar-refractivity contribution in [3.63, 3.8) is 0 Å². The fourth-order valence-electron chi connectivity index (χ4n) is 1.87. The lowest BCUT2D eigenvalue weighted by molar-refractivity contribution is 0.0507. The number of benzene rings is 1. The van der Waals surface area contributed by atoms with Crippen molar-refractivity contribution >= 4 is 16.9 Å². The van der Waals surface area contributed by atoms with E-state index in [2.05, 4.69) is 4.98 Å². The molecule has 2 rings (SSSR count). The lowest BCUT2D eigenvalue weighted by Gasteiger charge is -2.11. The van der Waals surface area contributed by atoms with Crippen LogP contribution in [0.2, 0.25) is 0 Å². The van der Waals surface area contributed by atoms with Crippen LogP contribution in [0.1, 0.15) is 17.5 Å². The summed E-state index contributed by atoms with van der Waals surface area (Å²) in [5.41, 5.74) is -0.314. The third-order valence-corrected chi connectivity index (χ3v) is 2.86. The fraction of sp³-hybridized carbons (Fsp3) is 0.308. The van der Waals surface area contributed by atoms with Crippen molar-refractivity contribution in [1.29, 1.82) is 0 Å². The number of hydrogen-bond donors (Lipinski definition) is 1. The first-order valence-corrected chi connectivity index (χ1v) is 6.14. The van der Waals surface area contributed by atoms with Crippen molar-refractivity contribution in [2.75, 3.05) is 26.7 Å². The molecule has 0 bridgehead atoms. The highest BCUT2D eigenvalue weighted by Gasteiger charge is 2.19. The minimum absolute atomic E-state index is 0.151. The number of esters is 1. The van der Waals surface area contributed by atoms with Crippen LogP contribution < -0.4 is 20.9 Å². The zero-order valence-electron chi connectivity index (χ0n) is 11.9. The Morgan fingerprint density at radius 1 is 1.29 bits per heavy atom. The van der Waals surface area contributed by atoms with Gasteiger partial charge in [0.2, 0.25) is 5.82 Å². The van der Waals surface area contributed by atoms with Gasteiger partial charge in [-0.2, -0.15) is 0 Å². The van der Waals surface area contributed by atoms with Crippen LogP contribution in [0.5, 0.6) is 11.5 Å². The normalized spacial score (nSPS) is 10.4. The van der Waals surface area contributed by atoms with E-state index in [1.54, 1.807) is 6.92 Å². The predicted molar refractivity (Wildman–Crippen MR) is 75.2 cm³/mol. The van der Waals surface area contributed by atoms with Crippen molar-refractivity contribution in [2.24, 2.45) is 0 Å². The lowest BCUT2D eigenvalue weighted by Crippen LogP contribution is -2.34. The maximum Gasteiger partial charge on any atom is 0.376 e. The van der Waals surface area contributed by atoms with Crippen LogP contribution in [-0.2, 0) is 4.74 Å². The SMILES string of the molecule is CCOC(=O)c1nc2cc(OC)c(OC)cc2c(=O)n1N. The maximum absolute atomic E-state index is 12.2. The molecule has 0 unspecified atom stereocenters. The minimum Gasteiger partial charge on any atom is -0.493 e. The monoisotopic (exact) mass is 293 g/mol. The Balaban J connectivity index is 2.75. The van der Waals surface area contributed by atoms with Crippen LogP contribution in [0.15, 0.2) is 16.9 Å². The van der Waals surface area contributed by atoms with Gasteiger partial charge in [0.25, 0.3) is 5.56 Å². The molecule has 1 aromatic heterocycles. The largest absolute Gasteiger partial charge is 0.493 e. The van der Waals surface area contributed by atoms with E-state index < -0.39 is 11.5 Å². The second-order valence-corrected chi connectivity index (χ2v) is 4.06. The van der Waals surface area contributed by atoms with Gasteiger partial charge in [0.1, 0.15) is 0 Å². The molecule has 0 spiro atoms. The molecule has 2 N–H and O–H groups in total. The summed E-state index contributed by atoms with van der Waals surface area (Å²) < 4.78 is 15.7. The number of hydrogen-bond acceptors (Lipinski definition) is 7. The molecule has 8 nitrogen and oxygen atoms in total.